The van der Waals surface area contributed by atoms with Gasteiger partial charge < -0.3 is 25.2 Å². The molecule has 0 bridgehead atoms. The van der Waals surface area contributed by atoms with E-state index in [4.69, 9.17) is 5.11 Å². The molecule has 1 aromatic carbocycles. The summed E-state index contributed by atoms with van der Waals surface area (Å²) in [5.41, 5.74) is 0.811. The van der Waals surface area contributed by atoms with Crippen LogP contribution in [0.3, 0.4) is 0 Å². The lowest BCUT2D eigenvalue weighted by molar-refractivity contribution is -0.698. The van der Waals surface area contributed by atoms with E-state index >= 15 is 0 Å². The molecule has 5 N–H and O–H groups in total. The maximum atomic E-state index is 12.7. The Morgan fingerprint density at radius 1 is 1.32 bits per heavy atom. The van der Waals surface area contributed by atoms with E-state index in [0.29, 0.717) is 23.0 Å². The fourth-order valence-corrected chi connectivity index (χ4v) is 2.69. The Labute approximate surface area is 128 Å². The number of para-hydroxylation sites is 1. The molecule has 2 aromatic rings. The van der Waals surface area contributed by atoms with Crippen molar-refractivity contribution < 1.29 is 20.6 Å². The van der Waals surface area contributed by atoms with Crippen LogP contribution in [0.4, 0.5) is 0 Å². The molecule has 2 rings (SSSR count). The molecule has 22 heavy (non-hydrogen) atoms. The summed E-state index contributed by atoms with van der Waals surface area (Å²) in [5.74, 6) is -0.00691. The molecule has 0 spiro atoms. The average Bonchev–Trinajstić information content (AvgIpc) is 2.53. The number of aliphatic hydroxyl groups excluding tert-OH is 2. The summed E-state index contributed by atoms with van der Waals surface area (Å²) in [4.78, 5) is 12.7. The van der Waals surface area contributed by atoms with Crippen molar-refractivity contribution in [2.75, 3.05) is 13.2 Å². The first kappa shape index (κ1) is 16.5. The third-order valence-corrected chi connectivity index (χ3v) is 3.92. The average molecular weight is 307 g/mol. The zero-order chi connectivity index (χ0) is 16.3. The molecule has 1 aromatic heterocycles. The number of aryl methyl sites for hydroxylation is 1. The first-order valence-corrected chi connectivity index (χ1v) is 7.47. The summed E-state index contributed by atoms with van der Waals surface area (Å²) >= 11 is 0. The van der Waals surface area contributed by atoms with Gasteiger partial charge in [0.05, 0.1) is 12.1 Å². The standard InChI is InChI=1S/C16H22N2O4/c1-3-18-13-7-5-4-6-12(13)15(21)14(16(18)22)10(2)17-8-11(20)9-19/h4-7,10-11,17,19-21H,3,8-9H2,1-2H3/p+1/t10-,11-/m0/s1. The molecule has 0 radical (unpaired) electrons. The topological polar surface area (TPSA) is 99.3 Å². The summed E-state index contributed by atoms with van der Waals surface area (Å²) in [6, 6.07) is 6.93. The largest absolute Gasteiger partial charge is 0.506 e. The monoisotopic (exact) mass is 307 g/mol. The van der Waals surface area contributed by atoms with Crippen LogP contribution in [0.15, 0.2) is 29.1 Å². The molecule has 0 unspecified atom stereocenters. The number of aliphatic hydroxyl groups is 2. The number of rotatable bonds is 6. The lowest BCUT2D eigenvalue weighted by Gasteiger charge is -2.17. The normalized spacial score (nSPS) is 14.2. The Balaban J connectivity index is 2.51. The number of aromatic nitrogens is 1. The maximum Gasteiger partial charge on any atom is 0.264 e. The number of nitrogens with zero attached hydrogens (tertiary/aromatic N) is 1. The smallest absolute Gasteiger partial charge is 0.264 e. The highest BCUT2D eigenvalue weighted by Crippen LogP contribution is 2.28. The van der Waals surface area contributed by atoms with Gasteiger partial charge in [-0.15, -0.1) is 0 Å². The minimum absolute atomic E-state index is 0.00691. The van der Waals surface area contributed by atoms with E-state index < -0.39 is 6.10 Å². The molecule has 0 amide bonds. The van der Waals surface area contributed by atoms with Crippen LogP contribution in [-0.4, -0.2) is 39.1 Å². The summed E-state index contributed by atoms with van der Waals surface area (Å²) in [7, 11) is 0. The van der Waals surface area contributed by atoms with Gasteiger partial charge in [-0.1, -0.05) is 12.1 Å². The second kappa shape index (κ2) is 6.91. The molecule has 6 heteroatoms. The summed E-state index contributed by atoms with van der Waals surface area (Å²) in [6.07, 6.45) is -0.849. The van der Waals surface area contributed by atoms with Gasteiger partial charge in [-0.25, -0.2) is 0 Å². The second-order valence-corrected chi connectivity index (χ2v) is 5.43. The van der Waals surface area contributed by atoms with E-state index in [1.54, 1.807) is 22.9 Å². The van der Waals surface area contributed by atoms with Crippen molar-refractivity contribution >= 4 is 10.9 Å². The van der Waals surface area contributed by atoms with E-state index in [1.807, 2.05) is 25.1 Å². The highest BCUT2D eigenvalue weighted by molar-refractivity contribution is 5.86. The van der Waals surface area contributed by atoms with Crippen molar-refractivity contribution in [3.05, 3.63) is 40.2 Å². The van der Waals surface area contributed by atoms with Gasteiger partial charge in [0.2, 0.25) is 0 Å². The highest BCUT2D eigenvalue weighted by Gasteiger charge is 2.23. The number of pyridine rings is 1. The SMILES string of the molecule is CCn1c(=O)c([C@H](C)[NH2+]C[C@H](O)CO)c(O)c2ccccc21. The van der Waals surface area contributed by atoms with Gasteiger partial charge in [0.25, 0.3) is 5.56 Å². The van der Waals surface area contributed by atoms with E-state index in [-0.39, 0.29) is 30.5 Å². The molecular weight excluding hydrogens is 284 g/mol. The molecule has 6 nitrogen and oxygen atoms in total. The summed E-state index contributed by atoms with van der Waals surface area (Å²) < 4.78 is 1.64. The van der Waals surface area contributed by atoms with Crippen LogP contribution in [0.2, 0.25) is 0 Å². The predicted octanol–water partition coefficient (Wildman–Crippen LogP) is -0.295. The van der Waals surface area contributed by atoms with Crippen LogP contribution in [0.1, 0.15) is 25.5 Å². The number of nitrogens with two attached hydrogens (primary N) is 1. The highest BCUT2D eigenvalue weighted by atomic mass is 16.3. The number of quaternary nitrogens is 1. The molecule has 120 valence electrons. The number of aromatic hydroxyl groups is 1. The fourth-order valence-electron chi connectivity index (χ4n) is 2.69. The van der Waals surface area contributed by atoms with Crippen molar-refractivity contribution in [2.24, 2.45) is 0 Å². The Morgan fingerprint density at radius 3 is 2.64 bits per heavy atom. The van der Waals surface area contributed by atoms with E-state index in [0.717, 1.165) is 0 Å². The number of hydrogen-bond donors (Lipinski definition) is 4. The van der Waals surface area contributed by atoms with Crippen LogP contribution >= 0.6 is 0 Å². The molecule has 0 saturated carbocycles. The van der Waals surface area contributed by atoms with Crippen LogP contribution in [0.5, 0.6) is 5.75 Å². The van der Waals surface area contributed by atoms with Gasteiger partial charge in [-0.05, 0) is 26.0 Å². The summed E-state index contributed by atoms with van der Waals surface area (Å²) in [6.45, 7) is 4.13. The third kappa shape index (κ3) is 2.99. The first-order chi connectivity index (χ1) is 10.5. The van der Waals surface area contributed by atoms with Gasteiger partial charge >= 0.3 is 0 Å². The molecule has 1 heterocycles. The Hall–Kier alpha value is -1.89. The Morgan fingerprint density at radius 2 is 2.00 bits per heavy atom. The number of fused-ring (bicyclic) bond motifs is 1. The van der Waals surface area contributed by atoms with Crippen molar-refractivity contribution in [1.29, 1.82) is 0 Å². The molecule has 0 aliphatic rings. The zero-order valence-electron chi connectivity index (χ0n) is 12.9. The van der Waals surface area contributed by atoms with Crippen LogP contribution in [0.25, 0.3) is 10.9 Å². The molecular formula is C16H23N2O4+. The van der Waals surface area contributed by atoms with E-state index in [9.17, 15) is 15.0 Å². The van der Waals surface area contributed by atoms with Crippen molar-refractivity contribution in [3.63, 3.8) is 0 Å². The van der Waals surface area contributed by atoms with Crippen LogP contribution in [-0.2, 0) is 6.54 Å². The fraction of sp³-hybridized carbons (Fsp3) is 0.438. The predicted molar refractivity (Wildman–Crippen MR) is 83.8 cm³/mol. The Bertz CT molecular complexity index is 711. The van der Waals surface area contributed by atoms with Crippen LogP contribution < -0.4 is 10.9 Å². The third-order valence-electron chi connectivity index (χ3n) is 3.92. The van der Waals surface area contributed by atoms with Gasteiger partial charge in [-0.2, -0.15) is 0 Å². The van der Waals surface area contributed by atoms with Crippen molar-refractivity contribution in [3.8, 4) is 5.75 Å². The van der Waals surface area contributed by atoms with Gasteiger partial charge in [0.1, 0.15) is 30.0 Å². The lowest BCUT2D eigenvalue weighted by atomic mass is 10.0. The first-order valence-electron chi connectivity index (χ1n) is 7.47. The van der Waals surface area contributed by atoms with Gasteiger partial charge in [-0.3, -0.25) is 4.79 Å². The Kier molecular flexibility index (Phi) is 5.18. The molecule has 0 saturated heterocycles. The van der Waals surface area contributed by atoms with Gasteiger partial charge in [0, 0.05) is 11.9 Å². The quantitative estimate of drug-likeness (QED) is 0.589. The van der Waals surface area contributed by atoms with Crippen LogP contribution in [0, 0.1) is 0 Å². The van der Waals surface area contributed by atoms with Gasteiger partial charge in [0.15, 0.2) is 0 Å². The molecule has 0 fully saturated rings. The van der Waals surface area contributed by atoms with E-state index in [1.165, 1.54) is 0 Å². The van der Waals surface area contributed by atoms with Crippen molar-refractivity contribution in [1.82, 2.24) is 4.57 Å². The maximum absolute atomic E-state index is 12.7. The molecule has 2 atom stereocenters. The lowest BCUT2D eigenvalue weighted by Crippen LogP contribution is -2.87. The zero-order valence-corrected chi connectivity index (χ0v) is 12.9. The number of benzene rings is 1. The minimum Gasteiger partial charge on any atom is -0.506 e. The molecule has 0 aliphatic carbocycles. The minimum atomic E-state index is -0.849. The van der Waals surface area contributed by atoms with Crippen molar-refractivity contribution in [2.45, 2.75) is 32.5 Å². The summed E-state index contributed by atoms with van der Waals surface area (Å²) in [5, 5.41) is 31.2. The number of hydrogen-bond acceptors (Lipinski definition) is 4. The van der Waals surface area contributed by atoms with E-state index in [2.05, 4.69) is 0 Å². The molecule has 0 aliphatic heterocycles. The second-order valence-electron chi connectivity index (χ2n) is 5.43.